The van der Waals surface area contributed by atoms with Crippen molar-refractivity contribution in [1.82, 2.24) is 5.32 Å². The Balaban J connectivity index is 4.57. The fourth-order valence-electron chi connectivity index (χ4n) is 7.78. The third-order valence-electron chi connectivity index (χ3n) is 11.6. The van der Waals surface area contributed by atoms with E-state index in [1.165, 1.54) is 161 Å². The van der Waals surface area contributed by atoms with Crippen LogP contribution in [0.3, 0.4) is 0 Å². The first-order chi connectivity index (χ1) is 27.5. The summed E-state index contributed by atoms with van der Waals surface area (Å²) >= 11 is 0. The molecule has 3 N–H and O–H groups in total. The molecule has 0 heterocycles. The molecule has 0 radical (unpaired) electrons. The molecular formula is C50H97NO5. The van der Waals surface area contributed by atoms with Gasteiger partial charge >= 0.3 is 5.97 Å². The normalized spacial score (nSPS) is 13.3. The first-order valence-electron chi connectivity index (χ1n) is 24.9. The van der Waals surface area contributed by atoms with Crippen molar-refractivity contribution < 1.29 is 24.5 Å². The molecule has 0 aliphatic carbocycles. The van der Waals surface area contributed by atoms with Crippen LogP contribution < -0.4 is 5.32 Å². The SMILES string of the molecule is CCCCCCCCC/C=C/CCCCCC(CC(=O)NC(CO)C(O)CCCCCCCCCCC)OC(=O)CCCCCCCCCCCCCCCC. The van der Waals surface area contributed by atoms with Crippen LogP contribution in [0.5, 0.6) is 0 Å². The average Bonchev–Trinajstić information content (AvgIpc) is 3.19. The minimum Gasteiger partial charge on any atom is -0.462 e. The Labute approximate surface area is 349 Å². The zero-order valence-electron chi connectivity index (χ0n) is 37.8. The maximum Gasteiger partial charge on any atom is 0.306 e. The van der Waals surface area contributed by atoms with Crippen molar-refractivity contribution in [2.45, 2.75) is 289 Å². The number of rotatable bonds is 45. The summed E-state index contributed by atoms with van der Waals surface area (Å²) in [5.41, 5.74) is 0. The molecule has 6 heteroatoms. The van der Waals surface area contributed by atoms with Crippen molar-refractivity contribution in [2.24, 2.45) is 0 Å². The Morgan fingerprint density at radius 3 is 1.29 bits per heavy atom. The fraction of sp³-hybridized carbons (Fsp3) is 0.920. The Morgan fingerprint density at radius 1 is 0.500 bits per heavy atom. The lowest BCUT2D eigenvalue weighted by atomic mass is 10.0. The molecule has 3 unspecified atom stereocenters. The standard InChI is InChI=1S/C50H97NO5/c1-4-7-10-13-16-19-21-23-25-27-30-32-35-38-41-46(56-50(55)43-40-37-34-31-28-26-24-22-20-17-14-11-8-5-2)44-49(54)51-47(45-52)48(53)42-39-36-33-29-18-15-12-9-6-3/h25,27,46-48,52-53H,4-24,26,28-45H2,1-3H3,(H,51,54)/b27-25+. The quantitative estimate of drug-likeness (QED) is 0.0324. The Bertz CT molecular complexity index is 847. The van der Waals surface area contributed by atoms with Gasteiger partial charge in [0.2, 0.25) is 5.91 Å². The first kappa shape index (κ1) is 54.6. The number of aliphatic hydroxyl groups is 2. The van der Waals surface area contributed by atoms with E-state index in [-0.39, 0.29) is 24.9 Å². The van der Waals surface area contributed by atoms with Gasteiger partial charge in [0.15, 0.2) is 0 Å². The highest BCUT2D eigenvalue weighted by molar-refractivity contribution is 5.77. The fourth-order valence-corrected chi connectivity index (χ4v) is 7.78. The number of hydrogen-bond donors (Lipinski definition) is 3. The maximum atomic E-state index is 13.1. The monoisotopic (exact) mass is 792 g/mol. The first-order valence-corrected chi connectivity index (χ1v) is 24.9. The third-order valence-corrected chi connectivity index (χ3v) is 11.6. The second-order valence-corrected chi connectivity index (χ2v) is 17.2. The van der Waals surface area contributed by atoms with Crippen LogP contribution in [0.25, 0.3) is 0 Å². The summed E-state index contributed by atoms with van der Waals surface area (Å²) < 4.78 is 5.92. The van der Waals surface area contributed by atoms with E-state index in [1.807, 2.05) is 0 Å². The molecule has 1 amide bonds. The molecule has 0 aromatic carbocycles. The van der Waals surface area contributed by atoms with Gasteiger partial charge in [-0.15, -0.1) is 0 Å². The number of ether oxygens (including phenoxy) is 1. The van der Waals surface area contributed by atoms with Crippen LogP contribution in [0.4, 0.5) is 0 Å². The summed E-state index contributed by atoms with van der Waals surface area (Å²) in [6, 6.07) is -0.698. The summed E-state index contributed by atoms with van der Waals surface area (Å²) in [5.74, 6) is -0.475. The molecule has 0 aliphatic heterocycles. The highest BCUT2D eigenvalue weighted by Crippen LogP contribution is 2.18. The number of hydrogen-bond acceptors (Lipinski definition) is 5. The number of esters is 1. The molecule has 0 aromatic rings. The smallest absolute Gasteiger partial charge is 0.306 e. The largest absolute Gasteiger partial charge is 0.462 e. The number of carbonyl (C=O) groups excluding carboxylic acids is 2. The molecule has 0 fully saturated rings. The predicted molar refractivity (Wildman–Crippen MR) is 241 cm³/mol. The summed E-state index contributed by atoms with van der Waals surface area (Å²) in [5, 5.41) is 23.6. The summed E-state index contributed by atoms with van der Waals surface area (Å²) in [4.78, 5) is 26.0. The van der Waals surface area contributed by atoms with Gasteiger partial charge in [0.05, 0.1) is 25.2 Å². The van der Waals surface area contributed by atoms with Gasteiger partial charge in [-0.3, -0.25) is 9.59 Å². The number of carbonyl (C=O) groups is 2. The molecule has 6 nitrogen and oxygen atoms in total. The second kappa shape index (κ2) is 44.7. The molecule has 56 heavy (non-hydrogen) atoms. The van der Waals surface area contributed by atoms with E-state index in [9.17, 15) is 19.8 Å². The molecule has 0 spiro atoms. The number of amides is 1. The summed E-state index contributed by atoms with van der Waals surface area (Å²) in [6.07, 6.45) is 48.4. The maximum absolute atomic E-state index is 13.1. The van der Waals surface area contributed by atoms with E-state index in [0.29, 0.717) is 19.3 Å². The van der Waals surface area contributed by atoms with Crippen LogP contribution in [0.15, 0.2) is 12.2 Å². The number of allylic oxidation sites excluding steroid dienone is 2. The number of nitrogens with one attached hydrogen (secondary N) is 1. The topological polar surface area (TPSA) is 95.9 Å². The minimum absolute atomic E-state index is 0.0735. The molecule has 0 aromatic heterocycles. The van der Waals surface area contributed by atoms with Gasteiger partial charge in [-0.2, -0.15) is 0 Å². The summed E-state index contributed by atoms with van der Waals surface area (Å²) in [6.45, 7) is 6.47. The van der Waals surface area contributed by atoms with E-state index in [2.05, 4.69) is 38.2 Å². The van der Waals surface area contributed by atoms with Crippen LogP contribution in [-0.2, 0) is 14.3 Å². The predicted octanol–water partition coefficient (Wildman–Crippen LogP) is 14.6. The van der Waals surface area contributed by atoms with Gasteiger partial charge in [0.1, 0.15) is 6.10 Å². The molecule has 0 bridgehead atoms. The van der Waals surface area contributed by atoms with E-state index < -0.39 is 18.2 Å². The van der Waals surface area contributed by atoms with Crippen molar-refractivity contribution >= 4 is 11.9 Å². The van der Waals surface area contributed by atoms with Gasteiger partial charge < -0.3 is 20.3 Å². The average molecular weight is 792 g/mol. The van der Waals surface area contributed by atoms with Gasteiger partial charge in [-0.1, -0.05) is 219 Å². The third kappa shape index (κ3) is 39.4. The van der Waals surface area contributed by atoms with E-state index >= 15 is 0 Å². The Morgan fingerprint density at radius 2 is 0.857 bits per heavy atom. The van der Waals surface area contributed by atoms with Crippen LogP contribution in [0.1, 0.15) is 271 Å². The molecule has 3 atom stereocenters. The van der Waals surface area contributed by atoms with E-state index in [1.54, 1.807) is 0 Å². The van der Waals surface area contributed by atoms with E-state index in [0.717, 1.165) is 64.2 Å². The summed E-state index contributed by atoms with van der Waals surface area (Å²) in [7, 11) is 0. The zero-order valence-corrected chi connectivity index (χ0v) is 37.8. The number of unbranched alkanes of at least 4 members (excludes halogenated alkanes) is 31. The molecule has 0 aliphatic rings. The lowest BCUT2D eigenvalue weighted by Gasteiger charge is -2.24. The molecule has 0 saturated heterocycles. The lowest BCUT2D eigenvalue weighted by Crippen LogP contribution is -2.46. The van der Waals surface area contributed by atoms with Gasteiger partial charge in [-0.25, -0.2) is 0 Å². The molecule has 0 rings (SSSR count). The van der Waals surface area contributed by atoms with Crippen LogP contribution in [-0.4, -0.2) is 46.9 Å². The highest BCUT2D eigenvalue weighted by atomic mass is 16.5. The van der Waals surface area contributed by atoms with Gasteiger partial charge in [0.25, 0.3) is 0 Å². The molecular weight excluding hydrogens is 695 g/mol. The Kier molecular flexibility index (Phi) is 43.6. The van der Waals surface area contributed by atoms with Crippen LogP contribution in [0, 0.1) is 0 Å². The highest BCUT2D eigenvalue weighted by Gasteiger charge is 2.24. The minimum atomic E-state index is -0.784. The van der Waals surface area contributed by atoms with Crippen molar-refractivity contribution in [1.29, 1.82) is 0 Å². The van der Waals surface area contributed by atoms with Crippen LogP contribution >= 0.6 is 0 Å². The van der Waals surface area contributed by atoms with E-state index in [4.69, 9.17) is 4.74 Å². The molecule has 332 valence electrons. The Hall–Kier alpha value is -1.40. The second-order valence-electron chi connectivity index (χ2n) is 17.2. The van der Waals surface area contributed by atoms with Crippen molar-refractivity contribution in [3.63, 3.8) is 0 Å². The van der Waals surface area contributed by atoms with Crippen molar-refractivity contribution in [3.05, 3.63) is 12.2 Å². The van der Waals surface area contributed by atoms with Crippen LogP contribution in [0.2, 0.25) is 0 Å². The van der Waals surface area contributed by atoms with Gasteiger partial charge in [-0.05, 0) is 51.4 Å². The number of aliphatic hydroxyl groups excluding tert-OH is 2. The van der Waals surface area contributed by atoms with Gasteiger partial charge in [0, 0.05) is 6.42 Å². The van der Waals surface area contributed by atoms with Crippen molar-refractivity contribution in [2.75, 3.05) is 6.61 Å². The lowest BCUT2D eigenvalue weighted by molar-refractivity contribution is -0.151. The zero-order chi connectivity index (χ0) is 41.0. The molecule has 0 saturated carbocycles. The van der Waals surface area contributed by atoms with Crippen molar-refractivity contribution in [3.8, 4) is 0 Å².